The number of benzene rings is 3. The van der Waals surface area contributed by atoms with E-state index >= 15 is 0 Å². The van der Waals surface area contributed by atoms with Gasteiger partial charge in [-0.1, -0.05) is 54.6 Å². The van der Waals surface area contributed by atoms with Crippen molar-refractivity contribution < 1.29 is 27.1 Å². The Morgan fingerprint density at radius 2 is 1.49 bits per heavy atom. The van der Waals surface area contributed by atoms with E-state index < -0.39 is 27.1 Å². The molecule has 1 aromatic heterocycles. The minimum atomic E-state index is -3.80. The second-order valence-corrected chi connectivity index (χ2v) is 11.2. The summed E-state index contributed by atoms with van der Waals surface area (Å²) in [6.07, 6.45) is 0.769. The number of hydrogen-bond acceptors (Lipinski definition) is 6. The number of para-hydroxylation sites is 1. The van der Waals surface area contributed by atoms with E-state index in [1.54, 1.807) is 60.7 Å². The van der Waals surface area contributed by atoms with Crippen molar-refractivity contribution in [2.24, 2.45) is 0 Å². The highest BCUT2D eigenvalue weighted by molar-refractivity contribution is 7.91. The Kier molecular flexibility index (Phi) is 7.46. The molecular weight excluding hydrogens is 506 g/mol. The average Bonchev–Trinajstić information content (AvgIpc) is 3.34. The van der Waals surface area contributed by atoms with Gasteiger partial charge in [0.2, 0.25) is 9.84 Å². The molecule has 0 saturated carbocycles. The largest absolute Gasteiger partial charge is 0.755 e. The highest BCUT2D eigenvalue weighted by Gasteiger charge is 2.23. The number of sulfone groups is 1. The van der Waals surface area contributed by atoms with Gasteiger partial charge in [-0.3, -0.25) is 8.51 Å². The van der Waals surface area contributed by atoms with Crippen molar-refractivity contribution in [2.75, 3.05) is 4.31 Å². The lowest BCUT2D eigenvalue weighted by atomic mass is 9.99. The number of aryl methyl sites for hydroxylation is 2. The molecule has 35 heavy (non-hydrogen) atoms. The normalized spacial score (nSPS) is 12.3. The first-order chi connectivity index (χ1) is 16.8. The Labute approximate surface area is 209 Å². The lowest BCUT2D eigenvalue weighted by Gasteiger charge is -2.27. The third-order valence-electron chi connectivity index (χ3n) is 5.40. The van der Waals surface area contributed by atoms with Crippen molar-refractivity contribution in [1.82, 2.24) is 0 Å². The van der Waals surface area contributed by atoms with Crippen LogP contribution in [-0.4, -0.2) is 28.3 Å². The number of carboxylic acids is 1. The van der Waals surface area contributed by atoms with Gasteiger partial charge < -0.3 is 9.66 Å². The van der Waals surface area contributed by atoms with E-state index in [4.69, 9.17) is 0 Å². The molecule has 1 heterocycles. The number of thiophene rings is 1. The molecule has 0 fully saturated rings. The van der Waals surface area contributed by atoms with Gasteiger partial charge in [-0.2, -0.15) is 0 Å². The summed E-state index contributed by atoms with van der Waals surface area (Å²) in [5.74, 6) is -1.03. The molecule has 1 N–H and O–H groups in total. The van der Waals surface area contributed by atoms with E-state index in [1.807, 2.05) is 0 Å². The number of anilines is 2. The van der Waals surface area contributed by atoms with Crippen molar-refractivity contribution in [2.45, 2.75) is 22.6 Å². The molecule has 0 spiro atoms. The lowest BCUT2D eigenvalue weighted by molar-refractivity contribution is 0.0695. The van der Waals surface area contributed by atoms with Crippen LogP contribution in [0.5, 0.6) is 0 Å². The number of carbonyl (C=O) groups is 1. The van der Waals surface area contributed by atoms with Crippen molar-refractivity contribution in [3.05, 3.63) is 107 Å². The number of aromatic carboxylic acids is 1. The van der Waals surface area contributed by atoms with Crippen LogP contribution in [0.4, 0.5) is 10.7 Å². The number of carboxylic acid groups (broad SMARTS) is 1. The van der Waals surface area contributed by atoms with Gasteiger partial charge in [0.15, 0.2) is 0 Å². The summed E-state index contributed by atoms with van der Waals surface area (Å²) < 4.78 is 51.6. The minimum Gasteiger partial charge on any atom is -0.755 e. The van der Waals surface area contributed by atoms with Crippen molar-refractivity contribution in [3.63, 3.8) is 0 Å². The summed E-state index contributed by atoms with van der Waals surface area (Å²) in [6, 6.07) is 22.8. The van der Waals surface area contributed by atoms with Crippen LogP contribution in [0.2, 0.25) is 0 Å². The van der Waals surface area contributed by atoms with Gasteiger partial charge in [-0.15, -0.1) is 11.3 Å². The molecule has 3 aromatic carbocycles. The maximum Gasteiger partial charge on any atom is 0.335 e. The van der Waals surface area contributed by atoms with Crippen LogP contribution >= 0.6 is 11.3 Å². The van der Waals surface area contributed by atoms with Crippen molar-refractivity contribution >= 4 is 49.1 Å². The van der Waals surface area contributed by atoms with Gasteiger partial charge >= 0.3 is 5.97 Å². The van der Waals surface area contributed by atoms with Gasteiger partial charge in [0.05, 0.1) is 32.3 Å². The second-order valence-electron chi connectivity index (χ2n) is 7.54. The Bertz CT molecular complexity index is 1480. The molecule has 0 bridgehead atoms. The summed E-state index contributed by atoms with van der Waals surface area (Å²) in [7, 11) is -3.80. The molecule has 4 rings (SSSR count). The average molecular weight is 527 g/mol. The van der Waals surface area contributed by atoms with Crippen LogP contribution in [-0.2, 0) is 33.9 Å². The fourth-order valence-corrected chi connectivity index (χ4v) is 7.02. The Balaban J connectivity index is 1.67. The van der Waals surface area contributed by atoms with E-state index in [2.05, 4.69) is 0 Å². The predicted molar refractivity (Wildman–Crippen MR) is 135 cm³/mol. The molecular formula is C25H20NO6S3-. The molecule has 0 amide bonds. The fraction of sp³-hybridized carbons (Fsp3) is 0.0800. The molecule has 0 aliphatic carbocycles. The second kappa shape index (κ2) is 10.5. The standard InChI is InChI=1S/C25H21NO6S3/c27-25(28)22-12-6-4-8-18(22)14-15-19-9-5-7-13-23(19)26(34(29)30)24-16-21(17-33-24)35(31,32)20-10-2-1-3-11-20/h1-13,16-17H,14-15H2,(H,27,28)(H,29,30)/p-1. The van der Waals surface area contributed by atoms with Crippen LogP contribution in [0.3, 0.4) is 0 Å². The third-order valence-corrected chi connectivity index (χ3v) is 9.02. The quantitative estimate of drug-likeness (QED) is 0.307. The third kappa shape index (κ3) is 5.35. The van der Waals surface area contributed by atoms with Crippen LogP contribution in [0.25, 0.3) is 0 Å². The Morgan fingerprint density at radius 1 is 0.886 bits per heavy atom. The minimum absolute atomic E-state index is 0.00650. The summed E-state index contributed by atoms with van der Waals surface area (Å²) in [4.78, 5) is 11.7. The van der Waals surface area contributed by atoms with Crippen LogP contribution in [0.15, 0.2) is 100 Å². The van der Waals surface area contributed by atoms with Gasteiger partial charge in [-0.05, 0) is 54.3 Å². The maximum atomic E-state index is 13.0. The topological polar surface area (TPSA) is 115 Å². The summed E-state index contributed by atoms with van der Waals surface area (Å²) in [5, 5.41) is 11.1. The van der Waals surface area contributed by atoms with Crippen LogP contribution in [0, 0.1) is 0 Å². The molecule has 7 nitrogen and oxygen atoms in total. The van der Waals surface area contributed by atoms with E-state index in [-0.39, 0.29) is 20.4 Å². The first-order valence-corrected chi connectivity index (χ1v) is 13.9. The number of hydrogen-bond donors (Lipinski definition) is 1. The van der Waals surface area contributed by atoms with E-state index in [1.165, 1.54) is 29.6 Å². The summed E-state index contributed by atoms with van der Waals surface area (Å²) in [5.41, 5.74) is 1.89. The van der Waals surface area contributed by atoms with Crippen LogP contribution in [0.1, 0.15) is 21.5 Å². The van der Waals surface area contributed by atoms with Gasteiger partial charge in [0, 0.05) is 5.38 Å². The zero-order chi connectivity index (χ0) is 25.0. The molecule has 0 aliphatic rings. The van der Waals surface area contributed by atoms with Crippen molar-refractivity contribution in [1.29, 1.82) is 0 Å². The van der Waals surface area contributed by atoms with Crippen LogP contribution < -0.4 is 4.31 Å². The molecule has 1 atom stereocenters. The summed E-state index contributed by atoms with van der Waals surface area (Å²) in [6.45, 7) is 0. The highest BCUT2D eigenvalue weighted by Crippen LogP contribution is 2.37. The predicted octanol–water partition coefficient (Wildman–Crippen LogP) is 5.00. The maximum absolute atomic E-state index is 13.0. The van der Waals surface area contributed by atoms with E-state index in [0.717, 1.165) is 15.6 Å². The zero-order valence-corrected chi connectivity index (χ0v) is 20.7. The summed E-state index contributed by atoms with van der Waals surface area (Å²) >= 11 is -1.72. The smallest absolute Gasteiger partial charge is 0.335 e. The molecule has 0 aliphatic heterocycles. The highest BCUT2D eigenvalue weighted by atomic mass is 32.2. The first-order valence-electron chi connectivity index (χ1n) is 10.5. The van der Waals surface area contributed by atoms with Gasteiger partial charge in [0.25, 0.3) is 0 Å². The van der Waals surface area contributed by atoms with E-state index in [9.17, 15) is 27.1 Å². The lowest BCUT2D eigenvalue weighted by Crippen LogP contribution is -2.20. The van der Waals surface area contributed by atoms with Gasteiger partial charge in [0.1, 0.15) is 5.00 Å². The molecule has 180 valence electrons. The molecule has 1 unspecified atom stereocenters. The molecule has 4 aromatic rings. The van der Waals surface area contributed by atoms with Gasteiger partial charge in [-0.25, -0.2) is 13.2 Å². The number of rotatable bonds is 9. The number of nitrogens with zero attached hydrogens (tertiary/aromatic N) is 1. The van der Waals surface area contributed by atoms with E-state index in [0.29, 0.717) is 29.7 Å². The monoisotopic (exact) mass is 526 g/mol. The van der Waals surface area contributed by atoms with Crippen molar-refractivity contribution in [3.8, 4) is 0 Å². The zero-order valence-electron chi connectivity index (χ0n) is 18.2. The molecule has 0 saturated heterocycles. The fourth-order valence-electron chi connectivity index (χ4n) is 3.70. The Hall–Kier alpha value is -3.31. The SMILES string of the molecule is O=C(O)c1ccccc1CCc1ccccc1N(c1cc(S(=O)(=O)c2ccccc2)cs1)S(=O)[O-]. The first kappa shape index (κ1) is 24.8. The molecule has 0 radical (unpaired) electrons. The molecule has 10 heteroatoms. The Morgan fingerprint density at radius 3 is 2.17 bits per heavy atom.